The molecule has 1 N–H and O–H groups in total. The highest BCUT2D eigenvalue weighted by atomic mass is 79.9. The van der Waals surface area contributed by atoms with Gasteiger partial charge >= 0.3 is 6.03 Å². The molecule has 0 bridgehead atoms. The Morgan fingerprint density at radius 2 is 1.80 bits per heavy atom. The first-order valence-electron chi connectivity index (χ1n) is 9.99. The first-order valence-corrected chi connectivity index (χ1v) is 10.8. The molecule has 0 fully saturated rings. The van der Waals surface area contributed by atoms with Crippen LogP contribution >= 0.6 is 15.9 Å². The summed E-state index contributed by atoms with van der Waals surface area (Å²) in [5.74, 6) is 0.520. The van der Waals surface area contributed by atoms with E-state index in [4.69, 9.17) is 4.98 Å². The van der Waals surface area contributed by atoms with Gasteiger partial charge in [-0.3, -0.25) is 9.36 Å². The Morgan fingerprint density at radius 1 is 1.17 bits per heavy atom. The van der Waals surface area contributed by atoms with Crippen molar-refractivity contribution in [3.05, 3.63) is 69.2 Å². The number of benzene rings is 2. The molecule has 158 valence electrons. The summed E-state index contributed by atoms with van der Waals surface area (Å²) in [6.07, 6.45) is 0. The van der Waals surface area contributed by atoms with E-state index in [1.807, 2.05) is 77.1 Å². The highest BCUT2D eigenvalue weighted by Gasteiger charge is 2.27. The quantitative estimate of drug-likeness (QED) is 0.580. The van der Waals surface area contributed by atoms with E-state index in [2.05, 4.69) is 21.2 Å². The predicted molar refractivity (Wildman–Crippen MR) is 124 cm³/mol. The van der Waals surface area contributed by atoms with Crippen LogP contribution in [-0.4, -0.2) is 32.6 Å². The number of hydrogen-bond acceptors (Lipinski definition) is 3. The zero-order valence-corrected chi connectivity index (χ0v) is 19.5. The summed E-state index contributed by atoms with van der Waals surface area (Å²) in [5.41, 5.74) is 0.796. The number of carbonyl (C=O) groups excluding carboxylic acids is 1. The van der Waals surface area contributed by atoms with Crippen LogP contribution < -0.4 is 10.9 Å². The zero-order chi connectivity index (χ0) is 22.1. The first kappa shape index (κ1) is 22.0. The number of carbonyl (C=O) groups is 1. The first-order chi connectivity index (χ1) is 14.1. The topological polar surface area (TPSA) is 67.2 Å². The van der Waals surface area contributed by atoms with Gasteiger partial charge < -0.3 is 10.2 Å². The Morgan fingerprint density at radius 3 is 2.40 bits per heavy atom. The van der Waals surface area contributed by atoms with E-state index in [0.29, 0.717) is 29.0 Å². The van der Waals surface area contributed by atoms with Gasteiger partial charge in [-0.15, -0.1) is 0 Å². The highest BCUT2D eigenvalue weighted by molar-refractivity contribution is 9.10. The molecule has 0 aliphatic heterocycles. The van der Waals surface area contributed by atoms with Crippen molar-refractivity contribution in [3.8, 4) is 5.69 Å². The van der Waals surface area contributed by atoms with Gasteiger partial charge in [-0.25, -0.2) is 9.78 Å². The third-order valence-corrected chi connectivity index (χ3v) is 5.34. The van der Waals surface area contributed by atoms with E-state index in [0.717, 1.165) is 4.47 Å². The van der Waals surface area contributed by atoms with Gasteiger partial charge in [0.25, 0.3) is 5.56 Å². The Balaban J connectivity index is 2.20. The van der Waals surface area contributed by atoms with Crippen LogP contribution in [0.4, 0.5) is 4.79 Å². The summed E-state index contributed by atoms with van der Waals surface area (Å²) in [4.78, 5) is 32.9. The lowest BCUT2D eigenvalue weighted by molar-refractivity contribution is 0.171. The molecule has 2 amide bonds. The summed E-state index contributed by atoms with van der Waals surface area (Å²) in [7, 11) is 0. The molecule has 1 heterocycles. The molecule has 0 saturated carbocycles. The van der Waals surface area contributed by atoms with Crippen LogP contribution in [0.25, 0.3) is 16.6 Å². The number of aromatic nitrogens is 2. The summed E-state index contributed by atoms with van der Waals surface area (Å²) >= 11 is 3.44. The van der Waals surface area contributed by atoms with Crippen LogP contribution in [-0.2, 0) is 0 Å². The average Bonchev–Trinajstić information content (AvgIpc) is 2.68. The number of para-hydroxylation sites is 1. The molecular formula is C23H27BrN4O2. The molecule has 3 rings (SSSR count). The normalized spacial score (nSPS) is 12.6. The number of hydrogen-bond donors (Lipinski definition) is 1. The summed E-state index contributed by atoms with van der Waals surface area (Å²) < 4.78 is 2.52. The van der Waals surface area contributed by atoms with E-state index >= 15 is 0 Å². The molecule has 0 radical (unpaired) electrons. The Hall–Kier alpha value is -2.67. The second-order valence-electron chi connectivity index (χ2n) is 8.25. The molecule has 1 aromatic heterocycles. The van der Waals surface area contributed by atoms with Crippen molar-refractivity contribution in [1.29, 1.82) is 0 Å². The lowest BCUT2D eigenvalue weighted by Crippen LogP contribution is -2.49. The highest BCUT2D eigenvalue weighted by Crippen LogP contribution is 2.24. The van der Waals surface area contributed by atoms with Gasteiger partial charge in [0.15, 0.2) is 0 Å². The maximum Gasteiger partial charge on any atom is 0.318 e. The molecular weight excluding hydrogens is 444 g/mol. The van der Waals surface area contributed by atoms with Crippen molar-refractivity contribution in [2.45, 2.75) is 46.2 Å². The molecule has 0 spiro atoms. The van der Waals surface area contributed by atoms with E-state index in [1.54, 1.807) is 15.5 Å². The SMILES string of the molecule is CCN(C(=O)NC(C)(C)C)C(C)c1nc2ccccc2c(=O)n1-c1ccc(Br)cc1. The van der Waals surface area contributed by atoms with Gasteiger partial charge in [0, 0.05) is 16.6 Å². The van der Waals surface area contributed by atoms with Crippen LogP contribution in [0.3, 0.4) is 0 Å². The lowest BCUT2D eigenvalue weighted by Gasteiger charge is -2.32. The van der Waals surface area contributed by atoms with Crippen LogP contribution in [0.15, 0.2) is 57.8 Å². The van der Waals surface area contributed by atoms with Crippen molar-refractivity contribution < 1.29 is 4.79 Å². The van der Waals surface area contributed by atoms with Crippen molar-refractivity contribution in [1.82, 2.24) is 19.8 Å². The fraction of sp³-hybridized carbons (Fsp3) is 0.348. The molecule has 6 nitrogen and oxygen atoms in total. The molecule has 7 heteroatoms. The van der Waals surface area contributed by atoms with E-state index < -0.39 is 6.04 Å². The molecule has 2 aromatic carbocycles. The smallest absolute Gasteiger partial charge is 0.318 e. The predicted octanol–water partition coefficient (Wildman–Crippen LogP) is 5.04. The minimum Gasteiger partial charge on any atom is -0.333 e. The monoisotopic (exact) mass is 470 g/mol. The molecule has 0 saturated heterocycles. The third-order valence-electron chi connectivity index (χ3n) is 4.81. The van der Waals surface area contributed by atoms with Gasteiger partial charge in [0.1, 0.15) is 5.82 Å². The molecule has 0 aliphatic carbocycles. The second-order valence-corrected chi connectivity index (χ2v) is 9.16. The maximum absolute atomic E-state index is 13.4. The summed E-state index contributed by atoms with van der Waals surface area (Å²) in [6, 6.07) is 14.2. The van der Waals surface area contributed by atoms with Crippen molar-refractivity contribution in [3.63, 3.8) is 0 Å². The van der Waals surface area contributed by atoms with Crippen molar-refractivity contribution in [2.75, 3.05) is 6.54 Å². The zero-order valence-electron chi connectivity index (χ0n) is 17.9. The largest absolute Gasteiger partial charge is 0.333 e. The number of urea groups is 1. The van der Waals surface area contributed by atoms with Gasteiger partial charge in [-0.05, 0) is 71.0 Å². The third kappa shape index (κ3) is 4.56. The number of halogens is 1. The molecule has 1 unspecified atom stereocenters. The number of rotatable bonds is 4. The fourth-order valence-electron chi connectivity index (χ4n) is 3.40. The Bertz CT molecular complexity index is 1120. The van der Waals surface area contributed by atoms with E-state index in [-0.39, 0.29) is 17.1 Å². The van der Waals surface area contributed by atoms with E-state index in [9.17, 15) is 9.59 Å². The van der Waals surface area contributed by atoms with Gasteiger partial charge in [0.2, 0.25) is 0 Å². The summed E-state index contributed by atoms with van der Waals surface area (Å²) in [6.45, 7) is 10.1. The van der Waals surface area contributed by atoms with Crippen LogP contribution in [0.5, 0.6) is 0 Å². The van der Waals surface area contributed by atoms with Crippen LogP contribution in [0.2, 0.25) is 0 Å². The molecule has 1 atom stereocenters. The fourth-order valence-corrected chi connectivity index (χ4v) is 3.66. The maximum atomic E-state index is 13.4. The number of nitrogens with zero attached hydrogens (tertiary/aromatic N) is 3. The van der Waals surface area contributed by atoms with Crippen LogP contribution in [0, 0.1) is 0 Å². The average molecular weight is 471 g/mol. The molecule has 3 aromatic rings. The molecule has 0 aliphatic rings. The number of fused-ring (bicyclic) bond motifs is 1. The van der Waals surface area contributed by atoms with Gasteiger partial charge in [0.05, 0.1) is 22.6 Å². The minimum atomic E-state index is -0.418. The summed E-state index contributed by atoms with van der Waals surface area (Å²) in [5, 5.41) is 3.55. The Kier molecular flexibility index (Phi) is 6.31. The lowest BCUT2D eigenvalue weighted by atomic mass is 10.1. The Labute approximate surface area is 185 Å². The van der Waals surface area contributed by atoms with Crippen LogP contribution in [0.1, 0.15) is 46.5 Å². The minimum absolute atomic E-state index is 0.156. The standard InChI is InChI=1S/C23H27BrN4O2/c1-6-27(22(30)26-23(3,4)5)15(2)20-25-19-10-8-7-9-18(19)21(29)28(20)17-13-11-16(24)12-14-17/h7-15H,6H2,1-5H3,(H,26,30). The van der Waals surface area contributed by atoms with Gasteiger partial charge in [-0.1, -0.05) is 28.1 Å². The second kappa shape index (κ2) is 8.60. The van der Waals surface area contributed by atoms with E-state index in [1.165, 1.54) is 0 Å². The van der Waals surface area contributed by atoms with Gasteiger partial charge in [-0.2, -0.15) is 0 Å². The van der Waals surface area contributed by atoms with Crippen molar-refractivity contribution in [2.24, 2.45) is 0 Å². The number of nitrogens with one attached hydrogen (secondary N) is 1. The number of amides is 2. The van der Waals surface area contributed by atoms with Crippen molar-refractivity contribution >= 4 is 32.9 Å². The molecule has 30 heavy (non-hydrogen) atoms.